The first-order valence-corrected chi connectivity index (χ1v) is 10.5. The highest BCUT2D eigenvalue weighted by Crippen LogP contribution is 2.41. The average molecular weight is 406 g/mol. The second-order valence-corrected chi connectivity index (χ2v) is 9.12. The highest BCUT2D eigenvalue weighted by Gasteiger charge is 2.21. The van der Waals surface area contributed by atoms with Crippen LogP contribution in [0.3, 0.4) is 0 Å². The minimum absolute atomic E-state index is 0.00372. The fourth-order valence-corrected chi connectivity index (χ4v) is 4.55. The number of hydrogen-bond acceptors (Lipinski definition) is 3. The Morgan fingerprint density at radius 3 is 2.48 bits per heavy atom. The second kappa shape index (κ2) is 6.11. The van der Waals surface area contributed by atoms with Crippen molar-refractivity contribution in [3.8, 4) is 11.6 Å². The summed E-state index contributed by atoms with van der Waals surface area (Å²) in [7, 11) is 0. The summed E-state index contributed by atoms with van der Waals surface area (Å²) in [5.41, 5.74) is 4.87. The smallest absolute Gasteiger partial charge is 0.137 e. The minimum atomic E-state index is -0.00372. The van der Waals surface area contributed by atoms with Gasteiger partial charge in [0.25, 0.3) is 0 Å². The van der Waals surface area contributed by atoms with E-state index in [1.807, 2.05) is 42.6 Å². The van der Waals surface area contributed by atoms with Crippen molar-refractivity contribution < 1.29 is 9.52 Å². The van der Waals surface area contributed by atoms with Gasteiger partial charge in [0, 0.05) is 28.4 Å². The Bertz CT molecular complexity index is 1630. The lowest BCUT2D eigenvalue weighted by molar-refractivity contribution is 0.476. The van der Waals surface area contributed by atoms with Crippen LogP contribution in [0.2, 0.25) is 0 Å². The van der Waals surface area contributed by atoms with Crippen molar-refractivity contribution in [2.24, 2.45) is 0 Å². The van der Waals surface area contributed by atoms with Crippen LogP contribution in [0.5, 0.6) is 5.75 Å². The molecule has 31 heavy (non-hydrogen) atoms. The normalized spacial score (nSPS) is 12.5. The van der Waals surface area contributed by atoms with Gasteiger partial charge in [0.15, 0.2) is 0 Å². The maximum atomic E-state index is 10.3. The van der Waals surface area contributed by atoms with Crippen molar-refractivity contribution in [2.45, 2.75) is 26.2 Å². The zero-order chi connectivity index (χ0) is 21.3. The van der Waals surface area contributed by atoms with Crippen LogP contribution in [0.1, 0.15) is 26.3 Å². The largest absolute Gasteiger partial charge is 0.508 e. The first kappa shape index (κ1) is 18.0. The Kier molecular flexibility index (Phi) is 3.55. The molecule has 4 heteroatoms. The van der Waals surface area contributed by atoms with Gasteiger partial charge in [0.1, 0.15) is 22.7 Å². The standard InChI is InChI=1S/C27H22N2O2/c1-27(2,3)16-12-13-28-24(14-16)29-21-15-17(30)8-9-18(21)19-10-11-23-25(26(19)29)20-6-4-5-7-22(20)31-23/h4-15,30H,1-3H3. The molecule has 3 aromatic carbocycles. The average Bonchev–Trinajstić information content (AvgIpc) is 3.28. The molecule has 0 spiro atoms. The number of phenols is 1. The van der Waals surface area contributed by atoms with E-state index >= 15 is 0 Å². The number of pyridine rings is 1. The summed E-state index contributed by atoms with van der Waals surface area (Å²) in [5.74, 6) is 1.06. The van der Waals surface area contributed by atoms with Crippen LogP contribution in [0.25, 0.3) is 49.6 Å². The fourth-order valence-electron chi connectivity index (χ4n) is 4.55. The van der Waals surface area contributed by atoms with Crippen molar-refractivity contribution in [1.29, 1.82) is 0 Å². The topological polar surface area (TPSA) is 51.2 Å². The molecule has 0 aliphatic carbocycles. The van der Waals surface area contributed by atoms with E-state index in [0.717, 1.165) is 49.6 Å². The third kappa shape index (κ3) is 2.58. The van der Waals surface area contributed by atoms with Crippen LogP contribution in [-0.4, -0.2) is 14.7 Å². The lowest BCUT2D eigenvalue weighted by atomic mass is 9.88. The van der Waals surface area contributed by atoms with Crippen LogP contribution >= 0.6 is 0 Å². The lowest BCUT2D eigenvalue weighted by Crippen LogP contribution is -2.12. The van der Waals surface area contributed by atoms with E-state index in [0.29, 0.717) is 0 Å². The molecular weight excluding hydrogens is 384 g/mol. The Balaban J connectivity index is 1.86. The molecule has 0 radical (unpaired) electrons. The maximum Gasteiger partial charge on any atom is 0.137 e. The Hall–Kier alpha value is -3.79. The Morgan fingerprint density at radius 2 is 1.65 bits per heavy atom. The molecule has 0 saturated heterocycles. The van der Waals surface area contributed by atoms with Crippen LogP contribution in [-0.2, 0) is 5.41 Å². The van der Waals surface area contributed by atoms with Crippen LogP contribution < -0.4 is 0 Å². The van der Waals surface area contributed by atoms with E-state index in [9.17, 15) is 5.11 Å². The number of hydrogen-bond donors (Lipinski definition) is 1. The highest BCUT2D eigenvalue weighted by atomic mass is 16.3. The number of para-hydroxylation sites is 1. The van der Waals surface area contributed by atoms with E-state index < -0.39 is 0 Å². The van der Waals surface area contributed by atoms with Gasteiger partial charge in [-0.05, 0) is 53.4 Å². The predicted molar refractivity (Wildman–Crippen MR) is 126 cm³/mol. The zero-order valence-electron chi connectivity index (χ0n) is 17.7. The molecule has 3 aromatic heterocycles. The number of furan rings is 1. The number of aromatic hydroxyl groups is 1. The Labute approximate surface area is 179 Å². The molecule has 0 bridgehead atoms. The van der Waals surface area contributed by atoms with Gasteiger partial charge in [-0.3, -0.25) is 4.57 Å². The van der Waals surface area contributed by atoms with E-state index in [1.165, 1.54) is 5.56 Å². The molecule has 4 nitrogen and oxygen atoms in total. The number of phenolic OH excluding ortho intramolecular Hbond substituents is 1. The molecule has 6 rings (SSSR count). The monoisotopic (exact) mass is 406 g/mol. The van der Waals surface area contributed by atoms with Gasteiger partial charge >= 0.3 is 0 Å². The van der Waals surface area contributed by atoms with Crippen molar-refractivity contribution in [2.75, 3.05) is 0 Å². The van der Waals surface area contributed by atoms with Gasteiger partial charge in [-0.2, -0.15) is 0 Å². The Morgan fingerprint density at radius 1 is 0.839 bits per heavy atom. The molecule has 0 aliphatic heterocycles. The van der Waals surface area contributed by atoms with E-state index in [4.69, 9.17) is 9.40 Å². The third-order valence-corrected chi connectivity index (χ3v) is 6.09. The van der Waals surface area contributed by atoms with Crippen LogP contribution in [0, 0.1) is 0 Å². The molecule has 0 atom stereocenters. The molecule has 6 aromatic rings. The van der Waals surface area contributed by atoms with Gasteiger partial charge in [-0.15, -0.1) is 0 Å². The first-order chi connectivity index (χ1) is 14.9. The van der Waals surface area contributed by atoms with Crippen molar-refractivity contribution in [3.63, 3.8) is 0 Å². The van der Waals surface area contributed by atoms with Crippen LogP contribution in [0.4, 0.5) is 0 Å². The molecule has 3 heterocycles. The van der Waals surface area contributed by atoms with Crippen molar-refractivity contribution in [3.05, 3.63) is 78.5 Å². The summed E-state index contributed by atoms with van der Waals surface area (Å²) in [5, 5.41) is 14.6. The van der Waals surface area contributed by atoms with Crippen molar-refractivity contribution >= 4 is 43.7 Å². The van der Waals surface area contributed by atoms with Crippen LogP contribution in [0.15, 0.2) is 77.3 Å². The summed E-state index contributed by atoms with van der Waals surface area (Å²) >= 11 is 0. The van der Waals surface area contributed by atoms with E-state index in [-0.39, 0.29) is 11.2 Å². The molecule has 0 unspecified atom stereocenters. The van der Waals surface area contributed by atoms with Gasteiger partial charge in [0.05, 0.1) is 16.4 Å². The quantitative estimate of drug-likeness (QED) is 0.317. The maximum absolute atomic E-state index is 10.3. The zero-order valence-corrected chi connectivity index (χ0v) is 17.7. The molecule has 152 valence electrons. The van der Waals surface area contributed by atoms with E-state index in [2.05, 4.69) is 49.6 Å². The fraction of sp³-hybridized carbons (Fsp3) is 0.148. The second-order valence-electron chi connectivity index (χ2n) is 9.12. The summed E-state index contributed by atoms with van der Waals surface area (Å²) in [6, 6.07) is 22.0. The molecular formula is C27H22N2O2. The summed E-state index contributed by atoms with van der Waals surface area (Å²) in [6.07, 6.45) is 1.87. The van der Waals surface area contributed by atoms with Gasteiger partial charge in [-0.1, -0.05) is 39.0 Å². The summed E-state index contributed by atoms with van der Waals surface area (Å²) < 4.78 is 8.32. The first-order valence-electron chi connectivity index (χ1n) is 10.5. The third-order valence-electron chi connectivity index (χ3n) is 6.09. The number of rotatable bonds is 1. The minimum Gasteiger partial charge on any atom is -0.508 e. The number of nitrogens with zero attached hydrogens (tertiary/aromatic N) is 2. The van der Waals surface area contributed by atoms with Crippen molar-refractivity contribution in [1.82, 2.24) is 9.55 Å². The summed E-state index contributed by atoms with van der Waals surface area (Å²) in [6.45, 7) is 6.60. The molecule has 0 amide bonds. The number of aromatic nitrogens is 2. The molecule has 1 N–H and O–H groups in total. The van der Waals surface area contributed by atoms with Gasteiger partial charge < -0.3 is 9.52 Å². The molecule has 0 fully saturated rings. The highest BCUT2D eigenvalue weighted by molar-refractivity contribution is 6.24. The van der Waals surface area contributed by atoms with Gasteiger partial charge in [-0.25, -0.2) is 4.98 Å². The van der Waals surface area contributed by atoms with E-state index in [1.54, 1.807) is 6.07 Å². The predicted octanol–water partition coefficient (Wildman–Crippen LogP) is 7.08. The number of fused-ring (bicyclic) bond motifs is 7. The molecule has 0 saturated carbocycles. The van der Waals surface area contributed by atoms with Gasteiger partial charge in [0.2, 0.25) is 0 Å². The lowest BCUT2D eigenvalue weighted by Gasteiger charge is -2.20. The summed E-state index contributed by atoms with van der Waals surface area (Å²) in [4.78, 5) is 4.75. The molecule has 0 aliphatic rings. The SMILES string of the molecule is CC(C)(C)c1ccnc(-n2c3cc(O)ccc3c3ccc4oc5ccccc5c4c32)c1. The number of benzene rings is 3.